The molecule has 0 atom stereocenters. The number of halogens is 4. The molecule has 4 nitrogen and oxygen atoms in total. The molecule has 0 aliphatic rings. The minimum Gasteiger partial charge on any atom is -0.402 e. The van der Waals surface area contributed by atoms with E-state index in [1.165, 1.54) is 20.3 Å². The van der Waals surface area contributed by atoms with E-state index in [9.17, 15) is 4.57 Å². The van der Waals surface area contributed by atoms with Gasteiger partial charge in [0.05, 0.1) is 10.0 Å². The summed E-state index contributed by atoms with van der Waals surface area (Å²) in [6.45, 7) is 0. The number of phosphoric ester groups is 1. The quantitative estimate of drug-likeness (QED) is 0.354. The summed E-state index contributed by atoms with van der Waals surface area (Å²) >= 11 is 20.7. The predicted octanol–water partition coefficient (Wildman–Crippen LogP) is 5.71. The summed E-state index contributed by atoms with van der Waals surface area (Å²) in [7, 11) is -1.33. The second-order valence-electron chi connectivity index (χ2n) is 3.12. The lowest BCUT2D eigenvalue weighted by atomic mass is 10.2. The number of hydrogen-bond donors (Lipinski definition) is 0. The van der Waals surface area contributed by atoms with Crippen molar-refractivity contribution in [3.05, 3.63) is 37.7 Å². The predicted molar refractivity (Wildman–Crippen MR) is 80.7 cm³/mol. The summed E-state index contributed by atoms with van der Waals surface area (Å²) < 4.78 is 27.0. The topological polar surface area (TPSA) is 44.8 Å². The maximum absolute atomic E-state index is 11.9. The van der Waals surface area contributed by atoms with E-state index in [4.69, 9.17) is 39.3 Å². The second-order valence-corrected chi connectivity index (χ2v) is 6.82. The highest BCUT2D eigenvalue weighted by atomic mass is 79.9. The Morgan fingerprint density at radius 2 is 1.79 bits per heavy atom. The molecule has 0 aliphatic carbocycles. The summed E-state index contributed by atoms with van der Waals surface area (Å²) in [5, 5.41) is 0.650. The fourth-order valence-electron chi connectivity index (χ4n) is 1.11. The third kappa shape index (κ3) is 4.36. The maximum atomic E-state index is 11.9. The van der Waals surface area contributed by atoms with Crippen molar-refractivity contribution in [3.8, 4) is 0 Å². The van der Waals surface area contributed by atoms with Gasteiger partial charge in [0.1, 0.15) is 0 Å². The Hall–Kier alpha value is 0.260. The van der Waals surface area contributed by atoms with Gasteiger partial charge in [-0.1, -0.05) is 34.8 Å². The van der Waals surface area contributed by atoms with Gasteiger partial charge in [-0.3, -0.25) is 9.05 Å². The Kier molecular flexibility index (Phi) is 6.67. The molecular formula is C10H9BrCl3O4P. The van der Waals surface area contributed by atoms with Crippen LogP contribution in [0, 0.1) is 0 Å². The largest absolute Gasteiger partial charge is 0.529 e. The van der Waals surface area contributed by atoms with Crippen molar-refractivity contribution in [2.24, 2.45) is 0 Å². The van der Waals surface area contributed by atoms with Crippen LogP contribution in [-0.4, -0.2) is 14.2 Å². The van der Waals surface area contributed by atoms with E-state index in [0.717, 1.165) is 5.54 Å². The molecule has 0 bridgehead atoms. The second kappa shape index (κ2) is 7.32. The highest BCUT2D eigenvalue weighted by Gasteiger charge is 2.27. The van der Waals surface area contributed by atoms with Gasteiger partial charge in [-0.25, -0.2) is 4.57 Å². The van der Waals surface area contributed by atoms with Crippen LogP contribution >= 0.6 is 58.6 Å². The molecule has 0 spiro atoms. The lowest BCUT2D eigenvalue weighted by Gasteiger charge is -2.17. The zero-order valence-corrected chi connectivity index (χ0v) is 14.6. The van der Waals surface area contributed by atoms with E-state index >= 15 is 0 Å². The molecule has 0 N–H and O–H groups in total. The molecule has 0 radical (unpaired) electrons. The molecule has 106 valence electrons. The average Bonchev–Trinajstić information content (AvgIpc) is 2.40. The van der Waals surface area contributed by atoms with Crippen LogP contribution < -0.4 is 0 Å². The first kappa shape index (κ1) is 17.3. The van der Waals surface area contributed by atoms with Gasteiger partial charge in [-0.2, -0.15) is 0 Å². The Morgan fingerprint density at radius 1 is 1.26 bits per heavy atom. The normalized spacial score (nSPS) is 12.6. The average molecular weight is 410 g/mol. The summed E-state index contributed by atoms with van der Waals surface area (Å²) in [5.41, 5.74) is 1.55. The van der Waals surface area contributed by atoms with Crippen LogP contribution in [0.4, 0.5) is 0 Å². The van der Waals surface area contributed by atoms with Gasteiger partial charge in [0, 0.05) is 29.8 Å². The fraction of sp³-hybridized carbons (Fsp3) is 0.200. The summed E-state index contributed by atoms with van der Waals surface area (Å²) in [6.07, 6.45) is 0. The monoisotopic (exact) mass is 408 g/mol. The van der Waals surface area contributed by atoms with Gasteiger partial charge in [0.25, 0.3) is 0 Å². The van der Waals surface area contributed by atoms with Crippen molar-refractivity contribution in [2.75, 3.05) is 14.2 Å². The van der Waals surface area contributed by atoms with E-state index < -0.39 is 7.82 Å². The summed E-state index contributed by atoms with van der Waals surface area (Å²) in [6, 6.07) is 3.07. The van der Waals surface area contributed by atoms with Crippen LogP contribution in [0.15, 0.2) is 22.1 Å². The van der Waals surface area contributed by atoms with Crippen LogP contribution in [0.3, 0.4) is 0 Å². The Morgan fingerprint density at radius 3 is 2.26 bits per heavy atom. The number of benzene rings is 1. The molecule has 19 heavy (non-hydrogen) atoms. The Labute approximate surface area is 134 Å². The molecule has 0 unspecified atom stereocenters. The highest BCUT2D eigenvalue weighted by molar-refractivity contribution is 9.10. The van der Waals surface area contributed by atoms with Crippen LogP contribution in [0.1, 0.15) is 5.56 Å². The molecule has 0 heterocycles. The van der Waals surface area contributed by atoms with Crippen molar-refractivity contribution in [1.29, 1.82) is 0 Å². The fourth-order valence-corrected chi connectivity index (χ4v) is 3.02. The first-order chi connectivity index (χ1) is 8.86. The van der Waals surface area contributed by atoms with E-state index in [0.29, 0.717) is 20.1 Å². The number of hydrogen-bond acceptors (Lipinski definition) is 4. The smallest absolute Gasteiger partial charge is 0.402 e. The minimum absolute atomic E-state index is 0.0686. The first-order valence-electron chi connectivity index (χ1n) is 4.73. The Balaban J connectivity index is 3.20. The molecule has 1 aromatic rings. The molecule has 1 rings (SSSR count). The zero-order chi connectivity index (χ0) is 14.6. The summed E-state index contributed by atoms with van der Waals surface area (Å²) in [5.74, 6) is 0.0686. The van der Waals surface area contributed by atoms with E-state index in [1.54, 1.807) is 6.07 Å². The molecule has 0 aromatic heterocycles. The van der Waals surface area contributed by atoms with Gasteiger partial charge in [-0.05, 0) is 28.1 Å². The molecule has 0 saturated carbocycles. The van der Waals surface area contributed by atoms with Gasteiger partial charge >= 0.3 is 7.82 Å². The SMILES string of the molecule is COP(=O)(OC)O/C(=C\Cl)c1cc(Cl)c(Cl)cc1Br. The number of phosphoric acid groups is 1. The lowest BCUT2D eigenvalue weighted by molar-refractivity contribution is 0.201. The van der Waals surface area contributed by atoms with E-state index in [2.05, 4.69) is 25.0 Å². The van der Waals surface area contributed by atoms with Crippen molar-refractivity contribution in [1.82, 2.24) is 0 Å². The standard InChI is InChI=1S/C10H9BrCl3O4P/c1-16-19(15,17-2)18-10(5-12)6-3-8(13)9(14)4-7(6)11/h3-5H,1-2H3/b10-5-. The highest BCUT2D eigenvalue weighted by Crippen LogP contribution is 2.52. The lowest BCUT2D eigenvalue weighted by Crippen LogP contribution is -1.96. The van der Waals surface area contributed by atoms with Crippen LogP contribution in [-0.2, 0) is 18.1 Å². The molecular weight excluding hydrogens is 401 g/mol. The van der Waals surface area contributed by atoms with Gasteiger partial charge in [-0.15, -0.1) is 0 Å². The molecule has 0 saturated heterocycles. The molecule has 0 aliphatic heterocycles. The Bertz CT molecular complexity index is 542. The van der Waals surface area contributed by atoms with Crippen molar-refractivity contribution < 1.29 is 18.1 Å². The van der Waals surface area contributed by atoms with Gasteiger partial charge < -0.3 is 4.52 Å². The van der Waals surface area contributed by atoms with E-state index in [-0.39, 0.29) is 5.76 Å². The first-order valence-corrected chi connectivity index (χ1v) is 8.18. The van der Waals surface area contributed by atoms with E-state index in [1.807, 2.05) is 0 Å². The van der Waals surface area contributed by atoms with Crippen molar-refractivity contribution >= 4 is 64.3 Å². The van der Waals surface area contributed by atoms with Gasteiger partial charge in [0.15, 0.2) is 5.76 Å². The summed E-state index contributed by atoms with van der Waals surface area (Å²) in [4.78, 5) is 0. The molecule has 0 fully saturated rings. The van der Waals surface area contributed by atoms with Crippen LogP contribution in [0.5, 0.6) is 0 Å². The van der Waals surface area contributed by atoms with Crippen molar-refractivity contribution in [3.63, 3.8) is 0 Å². The number of rotatable bonds is 5. The van der Waals surface area contributed by atoms with Crippen molar-refractivity contribution in [2.45, 2.75) is 0 Å². The van der Waals surface area contributed by atoms with Crippen LogP contribution in [0.25, 0.3) is 5.76 Å². The van der Waals surface area contributed by atoms with Crippen LogP contribution in [0.2, 0.25) is 10.0 Å². The third-order valence-electron chi connectivity index (χ3n) is 2.03. The molecule has 1 aromatic carbocycles. The minimum atomic E-state index is -3.72. The maximum Gasteiger partial charge on any atom is 0.529 e. The zero-order valence-electron chi connectivity index (χ0n) is 9.82. The van der Waals surface area contributed by atoms with Gasteiger partial charge in [0.2, 0.25) is 0 Å². The molecule has 9 heteroatoms. The molecule has 0 amide bonds. The third-order valence-corrected chi connectivity index (χ3v) is 4.92.